The monoisotopic (exact) mass is 233 g/mol. The molecule has 1 fully saturated rings. The number of carbonyl (C=O) groups excluding carboxylic acids is 1. The summed E-state index contributed by atoms with van der Waals surface area (Å²) in [7, 11) is 1.87. The molecule has 1 aromatic rings. The highest BCUT2D eigenvalue weighted by atomic mass is 16.2. The molecule has 2 heteroatoms. The Morgan fingerprint density at radius 2 is 2.00 bits per heavy atom. The molecule has 2 rings (SSSR count). The average molecular weight is 233 g/mol. The van der Waals surface area contributed by atoms with Crippen molar-refractivity contribution in [1.82, 2.24) is 0 Å². The molecular weight excluding hydrogens is 210 g/mol. The maximum Gasteiger partial charge on any atom is 0.229 e. The molecule has 0 unspecified atom stereocenters. The first-order valence-electron chi connectivity index (χ1n) is 6.59. The number of hydrogen-bond donors (Lipinski definition) is 0. The van der Waals surface area contributed by atoms with Crippen molar-refractivity contribution in [3.63, 3.8) is 0 Å². The number of benzene rings is 1. The fourth-order valence-electron chi connectivity index (χ4n) is 1.72. The zero-order valence-electron chi connectivity index (χ0n) is 11.4. The van der Waals surface area contributed by atoms with Crippen molar-refractivity contribution in [2.45, 2.75) is 40.0 Å². The second-order valence-corrected chi connectivity index (χ2v) is 4.19. The molecule has 0 aromatic heterocycles. The lowest BCUT2D eigenvalue weighted by molar-refractivity contribution is -0.119. The van der Waals surface area contributed by atoms with Gasteiger partial charge < -0.3 is 4.90 Å². The molecule has 0 bridgehead atoms. The Labute approximate surface area is 105 Å². The van der Waals surface area contributed by atoms with Crippen LogP contribution in [-0.4, -0.2) is 13.0 Å². The van der Waals surface area contributed by atoms with Gasteiger partial charge in [0.1, 0.15) is 0 Å². The Morgan fingerprint density at radius 1 is 1.35 bits per heavy atom. The van der Waals surface area contributed by atoms with Gasteiger partial charge in [0.2, 0.25) is 5.91 Å². The minimum absolute atomic E-state index is 0.267. The second kappa shape index (κ2) is 6.43. The van der Waals surface area contributed by atoms with E-state index in [0.717, 1.165) is 24.9 Å². The van der Waals surface area contributed by atoms with Gasteiger partial charge in [0.05, 0.1) is 0 Å². The quantitative estimate of drug-likeness (QED) is 0.780. The lowest BCUT2D eigenvalue weighted by Crippen LogP contribution is -2.27. The molecule has 94 valence electrons. The Bertz CT molecular complexity index is 369. The molecule has 0 atom stereocenters. The van der Waals surface area contributed by atoms with Crippen molar-refractivity contribution in [2.75, 3.05) is 11.9 Å². The largest absolute Gasteiger partial charge is 0.315 e. The van der Waals surface area contributed by atoms with E-state index in [1.807, 2.05) is 33.0 Å². The maximum absolute atomic E-state index is 11.8. The van der Waals surface area contributed by atoms with Gasteiger partial charge in [-0.2, -0.15) is 0 Å². The smallest absolute Gasteiger partial charge is 0.229 e. The molecule has 1 aliphatic carbocycles. The Kier molecular flexibility index (Phi) is 5.20. The summed E-state index contributed by atoms with van der Waals surface area (Å²) in [6.45, 7) is 6.13. The number of amides is 1. The van der Waals surface area contributed by atoms with Crippen LogP contribution in [0.4, 0.5) is 5.69 Å². The van der Waals surface area contributed by atoms with E-state index in [9.17, 15) is 4.79 Å². The summed E-state index contributed by atoms with van der Waals surface area (Å²) < 4.78 is 0. The second-order valence-electron chi connectivity index (χ2n) is 4.19. The summed E-state index contributed by atoms with van der Waals surface area (Å²) in [6.07, 6.45) is 3.15. The fraction of sp³-hybridized carbons (Fsp3) is 0.533. The van der Waals surface area contributed by atoms with Crippen molar-refractivity contribution in [3.05, 3.63) is 29.8 Å². The SMILES string of the molecule is CC.CCc1cccc(N(C)C(=O)C2CC2)c1. The van der Waals surface area contributed by atoms with E-state index in [1.165, 1.54) is 5.56 Å². The maximum atomic E-state index is 11.8. The average Bonchev–Trinajstić information content (AvgIpc) is 3.24. The van der Waals surface area contributed by atoms with Gasteiger partial charge in [-0.3, -0.25) is 4.79 Å². The van der Waals surface area contributed by atoms with Crippen LogP contribution < -0.4 is 4.90 Å². The van der Waals surface area contributed by atoms with E-state index in [0.29, 0.717) is 5.92 Å². The van der Waals surface area contributed by atoms with Crippen LogP contribution in [0.5, 0.6) is 0 Å². The molecule has 17 heavy (non-hydrogen) atoms. The van der Waals surface area contributed by atoms with Crippen LogP contribution in [0.25, 0.3) is 0 Å². The van der Waals surface area contributed by atoms with Gasteiger partial charge in [-0.1, -0.05) is 32.9 Å². The summed E-state index contributed by atoms with van der Waals surface area (Å²) in [5.41, 5.74) is 2.30. The summed E-state index contributed by atoms with van der Waals surface area (Å²) in [6, 6.07) is 8.21. The summed E-state index contributed by atoms with van der Waals surface area (Å²) >= 11 is 0. The van der Waals surface area contributed by atoms with Gasteiger partial charge in [0.15, 0.2) is 0 Å². The highest BCUT2D eigenvalue weighted by Gasteiger charge is 2.32. The predicted octanol–water partition coefficient (Wildman–Crippen LogP) is 3.65. The fourth-order valence-corrected chi connectivity index (χ4v) is 1.72. The standard InChI is InChI=1S/C13H17NO.C2H6/c1-3-10-5-4-6-12(9-10)14(2)13(15)11-7-8-11;1-2/h4-6,9,11H,3,7-8H2,1-2H3;1-2H3. The molecule has 0 spiro atoms. The van der Waals surface area contributed by atoms with Crippen LogP contribution in [0.15, 0.2) is 24.3 Å². The van der Waals surface area contributed by atoms with Crippen LogP contribution >= 0.6 is 0 Å². The highest BCUT2D eigenvalue weighted by Crippen LogP contribution is 2.32. The van der Waals surface area contributed by atoms with Crippen LogP contribution in [0.2, 0.25) is 0 Å². The molecule has 0 aliphatic heterocycles. The first kappa shape index (κ1) is 13.8. The molecular formula is C15H23NO. The van der Waals surface area contributed by atoms with E-state index < -0.39 is 0 Å². The molecule has 1 saturated carbocycles. The molecule has 0 saturated heterocycles. The van der Waals surface area contributed by atoms with Gasteiger partial charge in [-0.25, -0.2) is 0 Å². The lowest BCUT2D eigenvalue weighted by atomic mass is 10.1. The third kappa shape index (κ3) is 3.58. The molecule has 0 radical (unpaired) electrons. The number of aryl methyl sites for hydroxylation is 1. The lowest BCUT2D eigenvalue weighted by Gasteiger charge is -2.17. The Balaban J connectivity index is 0.000000686. The number of hydrogen-bond acceptors (Lipinski definition) is 1. The van der Waals surface area contributed by atoms with Crippen molar-refractivity contribution in [2.24, 2.45) is 5.92 Å². The normalized spacial score (nSPS) is 13.6. The zero-order chi connectivity index (χ0) is 12.8. The minimum atomic E-state index is 0.267. The molecule has 1 aromatic carbocycles. The predicted molar refractivity (Wildman–Crippen MR) is 73.3 cm³/mol. The topological polar surface area (TPSA) is 20.3 Å². The summed E-state index contributed by atoms with van der Waals surface area (Å²) in [5, 5.41) is 0. The molecule has 1 amide bonds. The third-order valence-electron chi connectivity index (χ3n) is 2.96. The van der Waals surface area contributed by atoms with Crippen LogP contribution in [0.3, 0.4) is 0 Å². The zero-order valence-corrected chi connectivity index (χ0v) is 11.4. The number of rotatable bonds is 3. The van der Waals surface area contributed by atoms with Crippen LogP contribution in [0, 0.1) is 5.92 Å². The van der Waals surface area contributed by atoms with Gasteiger partial charge in [-0.05, 0) is 37.0 Å². The molecule has 0 heterocycles. The minimum Gasteiger partial charge on any atom is -0.315 e. The summed E-state index contributed by atoms with van der Waals surface area (Å²) in [4.78, 5) is 13.6. The molecule has 1 aliphatic rings. The van der Waals surface area contributed by atoms with E-state index in [-0.39, 0.29) is 5.91 Å². The van der Waals surface area contributed by atoms with Crippen molar-refractivity contribution in [1.29, 1.82) is 0 Å². The van der Waals surface area contributed by atoms with Gasteiger partial charge >= 0.3 is 0 Å². The van der Waals surface area contributed by atoms with Crippen LogP contribution in [0.1, 0.15) is 39.2 Å². The number of nitrogens with zero attached hydrogens (tertiary/aromatic N) is 1. The van der Waals surface area contributed by atoms with Gasteiger partial charge in [-0.15, -0.1) is 0 Å². The highest BCUT2D eigenvalue weighted by molar-refractivity contribution is 5.95. The first-order valence-corrected chi connectivity index (χ1v) is 6.59. The number of carbonyl (C=O) groups is 1. The van der Waals surface area contributed by atoms with Gasteiger partial charge in [0.25, 0.3) is 0 Å². The Hall–Kier alpha value is -1.31. The number of anilines is 1. The van der Waals surface area contributed by atoms with E-state index in [2.05, 4.69) is 19.1 Å². The molecule has 2 nitrogen and oxygen atoms in total. The van der Waals surface area contributed by atoms with E-state index in [4.69, 9.17) is 0 Å². The van der Waals surface area contributed by atoms with E-state index in [1.54, 1.807) is 4.90 Å². The molecule has 0 N–H and O–H groups in total. The van der Waals surface area contributed by atoms with E-state index >= 15 is 0 Å². The van der Waals surface area contributed by atoms with Crippen molar-refractivity contribution in [3.8, 4) is 0 Å². The third-order valence-corrected chi connectivity index (χ3v) is 2.96. The first-order chi connectivity index (χ1) is 8.22. The van der Waals surface area contributed by atoms with Crippen molar-refractivity contribution >= 4 is 11.6 Å². The van der Waals surface area contributed by atoms with Crippen LogP contribution in [-0.2, 0) is 11.2 Å². The van der Waals surface area contributed by atoms with Crippen molar-refractivity contribution < 1.29 is 4.79 Å². The Morgan fingerprint density at radius 3 is 2.53 bits per heavy atom. The summed E-state index contributed by atoms with van der Waals surface area (Å²) in [5.74, 6) is 0.559. The van der Waals surface area contributed by atoms with Gasteiger partial charge in [0, 0.05) is 18.7 Å².